The lowest BCUT2D eigenvalue weighted by Gasteiger charge is -2.09. The van der Waals surface area contributed by atoms with E-state index in [1.54, 1.807) is 10.7 Å². The second kappa shape index (κ2) is 4.98. The molecule has 0 unspecified atom stereocenters. The molecule has 0 saturated heterocycles. The van der Waals surface area contributed by atoms with Crippen LogP contribution in [0.1, 0.15) is 12.6 Å². The molecule has 0 saturated carbocycles. The van der Waals surface area contributed by atoms with Crippen LogP contribution in [0.15, 0.2) is 27.5 Å². The van der Waals surface area contributed by atoms with Gasteiger partial charge in [0.15, 0.2) is 0 Å². The van der Waals surface area contributed by atoms with E-state index in [1.807, 2.05) is 19.1 Å². The lowest BCUT2D eigenvalue weighted by molar-refractivity contribution is 0.297. The molecule has 0 bridgehead atoms. The minimum atomic E-state index is -0.0914. The van der Waals surface area contributed by atoms with E-state index in [2.05, 4.69) is 21.0 Å². The summed E-state index contributed by atoms with van der Waals surface area (Å²) in [6.45, 7) is 2.60. The zero-order chi connectivity index (χ0) is 12.4. The number of aliphatic hydroxyl groups is 1. The van der Waals surface area contributed by atoms with Crippen LogP contribution in [-0.4, -0.2) is 21.5 Å². The Morgan fingerprint density at radius 2 is 2.24 bits per heavy atom. The van der Waals surface area contributed by atoms with Crippen molar-refractivity contribution in [1.29, 1.82) is 0 Å². The minimum absolute atomic E-state index is 0.0615. The van der Waals surface area contributed by atoms with Crippen LogP contribution in [0.3, 0.4) is 0 Å². The number of nitrogens with zero attached hydrogens (tertiary/aromatic N) is 2. The van der Waals surface area contributed by atoms with Crippen molar-refractivity contribution in [2.45, 2.75) is 19.9 Å². The first kappa shape index (κ1) is 12.3. The molecular weight excluding hydrogens is 284 g/mol. The molecular formula is C12H13BrN2O2. The van der Waals surface area contributed by atoms with Gasteiger partial charge in [-0.05, 0) is 25.1 Å². The summed E-state index contributed by atoms with van der Waals surface area (Å²) in [5.74, 6) is 0. The lowest BCUT2D eigenvalue weighted by Crippen LogP contribution is -2.19. The fourth-order valence-corrected chi connectivity index (χ4v) is 2.17. The molecule has 0 aliphatic heterocycles. The van der Waals surface area contributed by atoms with Gasteiger partial charge in [0.05, 0.1) is 5.52 Å². The fourth-order valence-electron chi connectivity index (χ4n) is 1.82. The highest BCUT2D eigenvalue weighted by atomic mass is 79.9. The van der Waals surface area contributed by atoms with Gasteiger partial charge in [-0.3, -0.25) is 9.48 Å². The molecule has 1 aromatic heterocycles. The standard InChI is InChI=1S/C12H13BrN2O2/c1-2-15-11-7-8(13)3-4-9(11)12(17)10(14-15)5-6-16/h3-4,7,16H,2,5-6H2,1H3. The van der Waals surface area contributed by atoms with E-state index in [1.165, 1.54) is 0 Å². The highest BCUT2D eigenvalue weighted by Gasteiger charge is 2.09. The zero-order valence-electron chi connectivity index (χ0n) is 9.48. The zero-order valence-corrected chi connectivity index (χ0v) is 11.1. The van der Waals surface area contributed by atoms with Crippen molar-refractivity contribution < 1.29 is 5.11 Å². The topological polar surface area (TPSA) is 55.1 Å². The Morgan fingerprint density at radius 1 is 1.47 bits per heavy atom. The number of fused-ring (bicyclic) bond motifs is 1. The Kier molecular flexibility index (Phi) is 3.59. The van der Waals surface area contributed by atoms with Gasteiger partial charge in [-0.15, -0.1) is 0 Å². The van der Waals surface area contributed by atoms with Crippen LogP contribution >= 0.6 is 15.9 Å². The third-order valence-corrected chi connectivity index (χ3v) is 3.13. The number of hydrogen-bond donors (Lipinski definition) is 1. The summed E-state index contributed by atoms with van der Waals surface area (Å²) in [5, 5.41) is 13.8. The van der Waals surface area contributed by atoms with Gasteiger partial charge in [0.1, 0.15) is 5.69 Å². The normalized spacial score (nSPS) is 11.0. The minimum Gasteiger partial charge on any atom is -0.396 e. The molecule has 0 aliphatic rings. The molecule has 0 fully saturated rings. The van der Waals surface area contributed by atoms with E-state index in [0.717, 1.165) is 9.99 Å². The van der Waals surface area contributed by atoms with E-state index in [-0.39, 0.29) is 12.0 Å². The molecule has 0 spiro atoms. The molecule has 1 N–H and O–H groups in total. The first-order valence-corrected chi connectivity index (χ1v) is 6.26. The Balaban J connectivity index is 2.80. The van der Waals surface area contributed by atoms with Gasteiger partial charge < -0.3 is 5.11 Å². The average molecular weight is 297 g/mol. The molecule has 1 heterocycles. The molecule has 0 atom stereocenters. The van der Waals surface area contributed by atoms with Gasteiger partial charge in [0.2, 0.25) is 5.43 Å². The van der Waals surface area contributed by atoms with Crippen LogP contribution < -0.4 is 5.43 Å². The number of halogens is 1. The number of aliphatic hydroxyl groups excluding tert-OH is 1. The smallest absolute Gasteiger partial charge is 0.211 e. The SMILES string of the molecule is CCn1nc(CCO)c(=O)c2ccc(Br)cc21. The highest BCUT2D eigenvalue weighted by Crippen LogP contribution is 2.17. The maximum atomic E-state index is 12.1. The number of rotatable bonds is 3. The van der Waals surface area contributed by atoms with E-state index in [0.29, 0.717) is 24.0 Å². The summed E-state index contributed by atoms with van der Waals surface area (Å²) < 4.78 is 2.70. The number of hydrogen-bond acceptors (Lipinski definition) is 3. The van der Waals surface area contributed by atoms with Gasteiger partial charge in [0, 0.05) is 29.4 Å². The molecule has 4 nitrogen and oxygen atoms in total. The van der Waals surface area contributed by atoms with Gasteiger partial charge in [-0.25, -0.2) is 0 Å². The Bertz CT molecular complexity index is 607. The van der Waals surface area contributed by atoms with Crippen molar-refractivity contribution in [3.63, 3.8) is 0 Å². The van der Waals surface area contributed by atoms with Crippen LogP contribution in [0.4, 0.5) is 0 Å². The Morgan fingerprint density at radius 3 is 2.88 bits per heavy atom. The van der Waals surface area contributed by atoms with Gasteiger partial charge in [-0.1, -0.05) is 15.9 Å². The summed E-state index contributed by atoms with van der Waals surface area (Å²) in [7, 11) is 0. The summed E-state index contributed by atoms with van der Waals surface area (Å²) in [5.41, 5.74) is 1.14. The molecule has 5 heteroatoms. The highest BCUT2D eigenvalue weighted by molar-refractivity contribution is 9.10. The quantitative estimate of drug-likeness (QED) is 0.938. The van der Waals surface area contributed by atoms with E-state index < -0.39 is 0 Å². The summed E-state index contributed by atoms with van der Waals surface area (Å²) >= 11 is 3.39. The van der Waals surface area contributed by atoms with E-state index >= 15 is 0 Å². The van der Waals surface area contributed by atoms with Crippen molar-refractivity contribution in [3.8, 4) is 0 Å². The van der Waals surface area contributed by atoms with Crippen LogP contribution in [-0.2, 0) is 13.0 Å². The summed E-state index contributed by atoms with van der Waals surface area (Å²) in [6, 6.07) is 5.51. The number of benzene rings is 1. The van der Waals surface area contributed by atoms with Crippen molar-refractivity contribution in [1.82, 2.24) is 9.78 Å². The number of aryl methyl sites for hydroxylation is 1. The van der Waals surface area contributed by atoms with E-state index in [9.17, 15) is 4.79 Å². The maximum absolute atomic E-state index is 12.1. The predicted molar refractivity (Wildman–Crippen MR) is 70.2 cm³/mol. The van der Waals surface area contributed by atoms with Crippen molar-refractivity contribution in [2.24, 2.45) is 0 Å². The predicted octanol–water partition coefficient (Wildman–Crippen LogP) is 1.71. The summed E-state index contributed by atoms with van der Waals surface area (Å²) in [4.78, 5) is 12.1. The molecule has 90 valence electrons. The first-order chi connectivity index (χ1) is 8.17. The Hall–Kier alpha value is -1.20. The average Bonchev–Trinajstić information content (AvgIpc) is 2.33. The van der Waals surface area contributed by atoms with Crippen LogP contribution in [0.5, 0.6) is 0 Å². The summed E-state index contributed by atoms with van der Waals surface area (Å²) in [6.07, 6.45) is 0.296. The maximum Gasteiger partial charge on any atom is 0.211 e. The first-order valence-electron chi connectivity index (χ1n) is 5.47. The van der Waals surface area contributed by atoms with Crippen molar-refractivity contribution in [3.05, 3.63) is 38.6 Å². The van der Waals surface area contributed by atoms with Crippen LogP contribution in [0.2, 0.25) is 0 Å². The van der Waals surface area contributed by atoms with Crippen molar-refractivity contribution in [2.75, 3.05) is 6.61 Å². The second-order valence-electron chi connectivity index (χ2n) is 3.73. The van der Waals surface area contributed by atoms with Crippen molar-refractivity contribution >= 4 is 26.8 Å². The Labute approximate surface area is 107 Å². The lowest BCUT2D eigenvalue weighted by atomic mass is 10.2. The van der Waals surface area contributed by atoms with Crippen LogP contribution in [0, 0.1) is 0 Å². The second-order valence-corrected chi connectivity index (χ2v) is 4.64. The van der Waals surface area contributed by atoms with Gasteiger partial charge in [0.25, 0.3) is 0 Å². The molecule has 0 radical (unpaired) electrons. The fraction of sp³-hybridized carbons (Fsp3) is 0.333. The monoisotopic (exact) mass is 296 g/mol. The third-order valence-electron chi connectivity index (χ3n) is 2.63. The van der Waals surface area contributed by atoms with Gasteiger partial charge in [-0.2, -0.15) is 5.10 Å². The third kappa shape index (κ3) is 2.25. The molecule has 17 heavy (non-hydrogen) atoms. The van der Waals surface area contributed by atoms with Crippen LogP contribution in [0.25, 0.3) is 10.9 Å². The largest absolute Gasteiger partial charge is 0.396 e. The van der Waals surface area contributed by atoms with E-state index in [4.69, 9.17) is 5.11 Å². The molecule has 1 aromatic carbocycles. The van der Waals surface area contributed by atoms with Gasteiger partial charge >= 0.3 is 0 Å². The molecule has 2 rings (SSSR count). The number of aromatic nitrogens is 2. The molecule has 2 aromatic rings. The molecule has 0 amide bonds. The molecule has 0 aliphatic carbocycles.